The third-order valence-corrected chi connectivity index (χ3v) is 4.40. The van der Waals surface area contributed by atoms with Gasteiger partial charge in [0.15, 0.2) is 6.61 Å². The van der Waals surface area contributed by atoms with E-state index in [2.05, 4.69) is 0 Å². The van der Waals surface area contributed by atoms with E-state index in [9.17, 15) is 9.59 Å². The number of amides is 1. The highest BCUT2D eigenvalue weighted by atomic mass is 16.5. The maximum Gasteiger partial charge on any atom is 0.339 e. The second-order valence-electron chi connectivity index (χ2n) is 6.27. The zero-order chi connectivity index (χ0) is 19.8. The van der Waals surface area contributed by atoms with Gasteiger partial charge in [-0.15, -0.1) is 0 Å². The molecule has 1 amide bonds. The molecule has 6 nitrogen and oxygen atoms in total. The first-order valence-electron chi connectivity index (χ1n) is 9.11. The van der Waals surface area contributed by atoms with Gasteiger partial charge in [-0.3, -0.25) is 4.79 Å². The van der Waals surface area contributed by atoms with Crippen molar-refractivity contribution in [1.29, 1.82) is 0 Å². The van der Waals surface area contributed by atoms with Crippen molar-refractivity contribution in [2.75, 3.05) is 40.0 Å². The molecule has 1 fully saturated rings. The topological polar surface area (TPSA) is 65.1 Å². The van der Waals surface area contributed by atoms with E-state index >= 15 is 0 Å². The van der Waals surface area contributed by atoms with E-state index in [1.807, 2.05) is 54.6 Å². The summed E-state index contributed by atoms with van der Waals surface area (Å²) in [6.07, 6.45) is 1.74. The Morgan fingerprint density at radius 3 is 2.54 bits per heavy atom. The van der Waals surface area contributed by atoms with Gasteiger partial charge in [0.1, 0.15) is 5.75 Å². The van der Waals surface area contributed by atoms with E-state index in [4.69, 9.17) is 14.2 Å². The summed E-state index contributed by atoms with van der Waals surface area (Å²) in [6.45, 7) is 1.75. The standard InChI is InChI=1S/C22H23NO5/c1-26-19-9-5-6-17(14-19)15-20(18-7-3-2-4-8-18)22(25)28-16-21(24)23-10-12-27-13-11-23/h2-9,14-15H,10-13,16H2,1H3/b20-15+. The van der Waals surface area contributed by atoms with Crippen LogP contribution in [-0.4, -0.2) is 56.8 Å². The van der Waals surface area contributed by atoms with E-state index in [0.29, 0.717) is 43.2 Å². The normalized spacial score (nSPS) is 14.5. The first-order chi connectivity index (χ1) is 13.7. The van der Waals surface area contributed by atoms with Gasteiger partial charge in [0.05, 0.1) is 25.9 Å². The van der Waals surface area contributed by atoms with Gasteiger partial charge >= 0.3 is 5.97 Å². The lowest BCUT2D eigenvalue weighted by atomic mass is 10.0. The molecule has 1 heterocycles. The number of morpholine rings is 1. The zero-order valence-corrected chi connectivity index (χ0v) is 15.8. The Hall–Kier alpha value is -3.12. The number of carbonyl (C=O) groups excluding carboxylic acids is 2. The first kappa shape index (κ1) is 19.6. The van der Waals surface area contributed by atoms with Gasteiger partial charge in [-0.25, -0.2) is 4.79 Å². The Balaban J connectivity index is 1.77. The third kappa shape index (κ3) is 5.20. The van der Waals surface area contributed by atoms with Crippen molar-refractivity contribution in [3.63, 3.8) is 0 Å². The molecule has 6 heteroatoms. The van der Waals surface area contributed by atoms with Gasteiger partial charge in [0.25, 0.3) is 5.91 Å². The predicted molar refractivity (Wildman–Crippen MR) is 106 cm³/mol. The van der Waals surface area contributed by atoms with Crippen molar-refractivity contribution in [3.05, 3.63) is 65.7 Å². The number of hydrogen-bond donors (Lipinski definition) is 0. The molecule has 2 aromatic carbocycles. The largest absolute Gasteiger partial charge is 0.497 e. The van der Waals surface area contributed by atoms with Crippen molar-refractivity contribution in [2.24, 2.45) is 0 Å². The summed E-state index contributed by atoms with van der Waals surface area (Å²) in [4.78, 5) is 26.7. The molecule has 0 atom stereocenters. The Morgan fingerprint density at radius 2 is 1.82 bits per heavy atom. The quantitative estimate of drug-likeness (QED) is 0.437. The number of rotatable bonds is 6. The summed E-state index contributed by atoms with van der Waals surface area (Å²) in [5.74, 6) is -0.0712. The van der Waals surface area contributed by atoms with E-state index in [1.54, 1.807) is 18.1 Å². The first-order valence-corrected chi connectivity index (χ1v) is 9.11. The van der Waals surface area contributed by atoms with Crippen LogP contribution in [0.4, 0.5) is 0 Å². The molecule has 28 heavy (non-hydrogen) atoms. The molecule has 0 saturated carbocycles. The highest BCUT2D eigenvalue weighted by Gasteiger charge is 2.20. The Morgan fingerprint density at radius 1 is 1.07 bits per heavy atom. The number of nitrogens with zero attached hydrogens (tertiary/aromatic N) is 1. The van der Waals surface area contributed by atoms with Crippen LogP contribution < -0.4 is 4.74 Å². The number of methoxy groups -OCH3 is 1. The van der Waals surface area contributed by atoms with Gasteiger partial charge in [-0.05, 0) is 29.3 Å². The molecule has 146 valence electrons. The molecule has 0 aliphatic carbocycles. The van der Waals surface area contributed by atoms with Crippen LogP contribution in [-0.2, 0) is 19.1 Å². The van der Waals surface area contributed by atoms with E-state index in [0.717, 1.165) is 5.56 Å². The molecule has 2 aromatic rings. The number of benzene rings is 2. The van der Waals surface area contributed by atoms with Crippen molar-refractivity contribution in [3.8, 4) is 5.75 Å². The van der Waals surface area contributed by atoms with E-state index in [-0.39, 0.29) is 12.5 Å². The maximum atomic E-state index is 12.8. The molecule has 0 bridgehead atoms. The molecule has 1 saturated heterocycles. The van der Waals surface area contributed by atoms with Crippen molar-refractivity contribution < 1.29 is 23.8 Å². The summed E-state index contributed by atoms with van der Waals surface area (Å²) < 4.78 is 15.8. The molecule has 0 unspecified atom stereocenters. The summed E-state index contributed by atoms with van der Waals surface area (Å²) >= 11 is 0. The monoisotopic (exact) mass is 381 g/mol. The summed E-state index contributed by atoms with van der Waals surface area (Å²) in [5, 5.41) is 0. The molecule has 0 radical (unpaired) electrons. The predicted octanol–water partition coefficient (Wildman–Crippen LogP) is 2.64. The van der Waals surface area contributed by atoms with Crippen LogP contribution in [0.1, 0.15) is 11.1 Å². The molecule has 1 aliphatic heterocycles. The van der Waals surface area contributed by atoms with Crippen LogP contribution >= 0.6 is 0 Å². The lowest BCUT2D eigenvalue weighted by Gasteiger charge is -2.26. The molecule has 1 aliphatic rings. The Labute approximate surface area is 164 Å². The number of esters is 1. The molecular weight excluding hydrogens is 358 g/mol. The van der Waals surface area contributed by atoms with Crippen LogP contribution in [0.15, 0.2) is 54.6 Å². The fourth-order valence-corrected chi connectivity index (χ4v) is 2.88. The summed E-state index contributed by atoms with van der Waals surface area (Å²) in [6, 6.07) is 16.6. The molecule has 0 N–H and O–H groups in total. The van der Waals surface area contributed by atoms with Crippen LogP contribution in [0.2, 0.25) is 0 Å². The fourth-order valence-electron chi connectivity index (χ4n) is 2.88. The highest BCUT2D eigenvalue weighted by Crippen LogP contribution is 2.22. The van der Waals surface area contributed by atoms with Gasteiger partial charge < -0.3 is 19.1 Å². The average Bonchev–Trinajstić information content (AvgIpc) is 2.77. The molecule has 0 spiro atoms. The lowest BCUT2D eigenvalue weighted by molar-refractivity contribution is -0.149. The molecule has 0 aromatic heterocycles. The van der Waals surface area contributed by atoms with E-state index < -0.39 is 5.97 Å². The minimum atomic E-state index is -0.546. The Kier molecular flexibility index (Phi) is 6.81. The summed E-state index contributed by atoms with van der Waals surface area (Å²) in [7, 11) is 1.59. The SMILES string of the molecule is COc1cccc(/C=C(/C(=O)OCC(=O)N2CCOCC2)c2ccccc2)c1. The lowest BCUT2D eigenvalue weighted by Crippen LogP contribution is -2.42. The smallest absolute Gasteiger partial charge is 0.339 e. The second kappa shape index (κ2) is 9.71. The van der Waals surface area contributed by atoms with E-state index in [1.165, 1.54) is 0 Å². The van der Waals surface area contributed by atoms with Crippen LogP contribution in [0.25, 0.3) is 11.6 Å². The fraction of sp³-hybridized carbons (Fsp3) is 0.273. The summed E-state index contributed by atoms with van der Waals surface area (Å²) in [5.41, 5.74) is 1.90. The third-order valence-electron chi connectivity index (χ3n) is 4.40. The van der Waals surface area contributed by atoms with Gasteiger partial charge in [-0.2, -0.15) is 0 Å². The average molecular weight is 381 g/mol. The molecule has 3 rings (SSSR count). The number of hydrogen-bond acceptors (Lipinski definition) is 5. The van der Waals surface area contributed by atoms with Gasteiger partial charge in [0, 0.05) is 13.1 Å². The van der Waals surface area contributed by atoms with Crippen molar-refractivity contribution in [1.82, 2.24) is 4.90 Å². The van der Waals surface area contributed by atoms with Crippen LogP contribution in [0, 0.1) is 0 Å². The van der Waals surface area contributed by atoms with Gasteiger partial charge in [0.2, 0.25) is 0 Å². The highest BCUT2D eigenvalue weighted by molar-refractivity contribution is 6.21. The maximum absolute atomic E-state index is 12.8. The second-order valence-corrected chi connectivity index (χ2v) is 6.27. The number of ether oxygens (including phenoxy) is 3. The minimum absolute atomic E-state index is 0.217. The van der Waals surface area contributed by atoms with Crippen molar-refractivity contribution in [2.45, 2.75) is 0 Å². The van der Waals surface area contributed by atoms with Crippen LogP contribution in [0.3, 0.4) is 0 Å². The molecular formula is C22H23NO5. The Bertz CT molecular complexity index is 841. The van der Waals surface area contributed by atoms with Crippen LogP contribution in [0.5, 0.6) is 5.75 Å². The number of carbonyl (C=O) groups is 2. The van der Waals surface area contributed by atoms with Crippen molar-refractivity contribution >= 4 is 23.5 Å². The van der Waals surface area contributed by atoms with Gasteiger partial charge in [-0.1, -0.05) is 42.5 Å². The minimum Gasteiger partial charge on any atom is -0.497 e. The zero-order valence-electron chi connectivity index (χ0n) is 15.8.